The number of phenolic OH excluding ortho intramolecular Hbond substituents is 1. The summed E-state index contributed by atoms with van der Waals surface area (Å²) in [6.07, 6.45) is 6.17. The van der Waals surface area contributed by atoms with E-state index in [2.05, 4.69) is 10.2 Å². The van der Waals surface area contributed by atoms with Crippen LogP contribution in [0.5, 0.6) is 5.75 Å². The fourth-order valence-corrected chi connectivity index (χ4v) is 4.53. The topological polar surface area (TPSA) is 93.0 Å². The number of nitrogens with one attached hydrogen (secondary N) is 1. The quantitative estimate of drug-likeness (QED) is 0.673. The van der Waals surface area contributed by atoms with Gasteiger partial charge in [-0.05, 0) is 67.5 Å². The van der Waals surface area contributed by atoms with Gasteiger partial charge in [-0.15, -0.1) is 0 Å². The summed E-state index contributed by atoms with van der Waals surface area (Å²) in [7, 11) is 0. The number of benzene rings is 2. The number of amides is 1. The number of fused-ring (bicyclic) bond motifs is 1. The van der Waals surface area contributed by atoms with Crippen LogP contribution in [-0.4, -0.2) is 38.2 Å². The van der Waals surface area contributed by atoms with Gasteiger partial charge in [0.2, 0.25) is 0 Å². The Hall–Kier alpha value is -3.66. The number of aryl methyl sites for hydroxylation is 1. The molecule has 31 heavy (non-hydrogen) atoms. The van der Waals surface area contributed by atoms with E-state index in [1.54, 1.807) is 6.07 Å². The fourth-order valence-electron chi connectivity index (χ4n) is 4.53. The number of hydrogen-bond acceptors (Lipinski definition) is 4. The van der Waals surface area contributed by atoms with Crippen molar-refractivity contribution in [1.82, 2.24) is 15.1 Å². The first-order chi connectivity index (χ1) is 15.1. The van der Waals surface area contributed by atoms with Crippen LogP contribution in [0, 0.1) is 17.1 Å². The zero-order valence-electron chi connectivity index (χ0n) is 16.8. The highest BCUT2D eigenvalue weighted by Crippen LogP contribution is 2.37. The van der Waals surface area contributed by atoms with E-state index < -0.39 is 5.82 Å². The van der Waals surface area contributed by atoms with Crippen LogP contribution in [0.4, 0.5) is 4.39 Å². The number of carbonyl (C=O) groups excluding carboxylic acids is 1. The van der Waals surface area contributed by atoms with E-state index in [1.165, 1.54) is 30.3 Å². The Labute approximate surface area is 178 Å². The van der Waals surface area contributed by atoms with Gasteiger partial charge in [0, 0.05) is 23.3 Å². The lowest BCUT2D eigenvalue weighted by Crippen LogP contribution is -2.44. The van der Waals surface area contributed by atoms with Crippen LogP contribution >= 0.6 is 0 Å². The van der Waals surface area contributed by atoms with Crippen molar-refractivity contribution < 1.29 is 14.3 Å². The average molecular weight is 416 g/mol. The van der Waals surface area contributed by atoms with Crippen molar-refractivity contribution in [1.29, 1.82) is 5.26 Å². The normalized spacial score (nSPS) is 17.6. The minimum absolute atomic E-state index is 0.0564. The molecule has 2 aromatic carbocycles. The van der Waals surface area contributed by atoms with Crippen LogP contribution in [0.2, 0.25) is 0 Å². The second kappa shape index (κ2) is 7.55. The molecule has 2 N–H and O–H groups in total. The molecule has 1 atom stereocenters. The third-order valence-electron chi connectivity index (χ3n) is 6.21. The van der Waals surface area contributed by atoms with E-state index in [4.69, 9.17) is 0 Å². The first kappa shape index (κ1) is 19.3. The van der Waals surface area contributed by atoms with Gasteiger partial charge < -0.3 is 10.0 Å². The predicted molar refractivity (Wildman–Crippen MR) is 112 cm³/mol. The monoisotopic (exact) mass is 416 g/mol. The Morgan fingerprint density at radius 2 is 2.06 bits per heavy atom. The molecular formula is C24H21FN4O2. The molecule has 7 heteroatoms. The van der Waals surface area contributed by atoms with E-state index in [0.29, 0.717) is 5.56 Å². The minimum atomic E-state index is -0.546. The van der Waals surface area contributed by atoms with Gasteiger partial charge in [-0.2, -0.15) is 10.4 Å². The maximum absolute atomic E-state index is 14.4. The Kier molecular flexibility index (Phi) is 4.70. The van der Waals surface area contributed by atoms with E-state index in [9.17, 15) is 19.6 Å². The van der Waals surface area contributed by atoms with Crippen molar-refractivity contribution in [3.05, 3.63) is 70.8 Å². The van der Waals surface area contributed by atoms with Gasteiger partial charge in [-0.25, -0.2) is 4.39 Å². The van der Waals surface area contributed by atoms with Gasteiger partial charge in [-0.3, -0.25) is 9.89 Å². The Balaban J connectivity index is 1.46. The van der Waals surface area contributed by atoms with E-state index >= 15 is 0 Å². The standard InChI is InChI=1S/C24H21FN4O2/c25-20-3-1-2-15(12-26)23(20)14-4-8-19(22(30)11-14)24(31)29(17-5-6-17)18-7-9-21-16(10-18)13-27-28-21/h1-4,8,11,13,17-18,30H,5-7,9-10H2,(H,27,28). The Morgan fingerprint density at radius 3 is 2.81 bits per heavy atom. The molecule has 1 amide bonds. The molecule has 0 spiro atoms. The molecule has 1 aromatic heterocycles. The zero-order valence-corrected chi connectivity index (χ0v) is 16.8. The molecule has 0 aliphatic heterocycles. The third kappa shape index (κ3) is 3.44. The zero-order chi connectivity index (χ0) is 21.5. The first-order valence-corrected chi connectivity index (χ1v) is 10.4. The van der Waals surface area contributed by atoms with E-state index in [0.717, 1.165) is 43.4 Å². The average Bonchev–Trinajstić information content (AvgIpc) is 3.48. The maximum Gasteiger partial charge on any atom is 0.258 e. The van der Waals surface area contributed by atoms with Gasteiger partial charge >= 0.3 is 0 Å². The van der Waals surface area contributed by atoms with Crippen LogP contribution in [0.15, 0.2) is 42.6 Å². The van der Waals surface area contributed by atoms with Gasteiger partial charge in [0.25, 0.3) is 5.91 Å². The molecule has 3 aromatic rings. The molecule has 0 saturated heterocycles. The van der Waals surface area contributed by atoms with E-state index in [1.807, 2.05) is 17.2 Å². The third-order valence-corrected chi connectivity index (χ3v) is 6.21. The molecule has 2 aliphatic rings. The molecule has 0 bridgehead atoms. The van der Waals surface area contributed by atoms with Crippen molar-refractivity contribution in [3.8, 4) is 22.9 Å². The van der Waals surface area contributed by atoms with Crippen LogP contribution in [0.25, 0.3) is 11.1 Å². The number of nitrogens with zero attached hydrogens (tertiary/aromatic N) is 3. The number of halogens is 1. The number of carbonyl (C=O) groups is 1. The number of phenols is 1. The van der Waals surface area contributed by atoms with Gasteiger partial charge in [0.15, 0.2) is 0 Å². The number of nitriles is 1. The minimum Gasteiger partial charge on any atom is -0.507 e. The van der Waals surface area contributed by atoms with Crippen LogP contribution in [0.1, 0.15) is 46.4 Å². The Morgan fingerprint density at radius 1 is 1.23 bits per heavy atom. The maximum atomic E-state index is 14.4. The lowest BCUT2D eigenvalue weighted by atomic mass is 9.91. The highest BCUT2D eigenvalue weighted by Gasteiger charge is 2.40. The SMILES string of the molecule is N#Cc1cccc(F)c1-c1ccc(C(=O)N(C2CC2)C2CCc3[nH]ncc3C2)c(O)c1. The van der Waals surface area contributed by atoms with Crippen LogP contribution in [-0.2, 0) is 12.8 Å². The van der Waals surface area contributed by atoms with Gasteiger partial charge in [0.05, 0.1) is 23.4 Å². The van der Waals surface area contributed by atoms with Crippen molar-refractivity contribution >= 4 is 5.91 Å². The molecule has 5 rings (SSSR count). The van der Waals surface area contributed by atoms with Crippen LogP contribution in [0.3, 0.4) is 0 Å². The lowest BCUT2D eigenvalue weighted by molar-refractivity contribution is 0.0640. The molecular weight excluding hydrogens is 395 g/mol. The molecule has 1 saturated carbocycles. The number of H-pyrrole nitrogens is 1. The summed E-state index contributed by atoms with van der Waals surface area (Å²) in [5, 5.41) is 27.1. The van der Waals surface area contributed by atoms with Gasteiger partial charge in [0.1, 0.15) is 11.6 Å². The summed E-state index contributed by atoms with van der Waals surface area (Å²) in [5.74, 6) is -0.965. The largest absolute Gasteiger partial charge is 0.507 e. The van der Waals surface area contributed by atoms with Crippen molar-refractivity contribution in [2.24, 2.45) is 0 Å². The van der Waals surface area contributed by atoms with E-state index in [-0.39, 0.29) is 40.4 Å². The van der Waals surface area contributed by atoms with Crippen molar-refractivity contribution in [2.45, 2.75) is 44.2 Å². The fraction of sp³-hybridized carbons (Fsp3) is 0.292. The molecule has 1 fully saturated rings. The lowest BCUT2D eigenvalue weighted by Gasteiger charge is -2.34. The first-order valence-electron chi connectivity index (χ1n) is 10.4. The van der Waals surface area contributed by atoms with Gasteiger partial charge in [-0.1, -0.05) is 12.1 Å². The van der Waals surface area contributed by atoms with Crippen molar-refractivity contribution in [3.63, 3.8) is 0 Å². The summed E-state index contributed by atoms with van der Waals surface area (Å²) in [6.45, 7) is 0. The number of aromatic hydroxyl groups is 1. The summed E-state index contributed by atoms with van der Waals surface area (Å²) >= 11 is 0. The number of aromatic nitrogens is 2. The highest BCUT2D eigenvalue weighted by atomic mass is 19.1. The summed E-state index contributed by atoms with van der Waals surface area (Å²) < 4.78 is 14.4. The highest BCUT2D eigenvalue weighted by molar-refractivity contribution is 5.98. The number of rotatable bonds is 4. The second-order valence-electron chi connectivity index (χ2n) is 8.22. The molecule has 2 aliphatic carbocycles. The predicted octanol–water partition coefficient (Wildman–Crippen LogP) is 3.96. The molecule has 6 nitrogen and oxygen atoms in total. The summed E-state index contributed by atoms with van der Waals surface area (Å²) in [6, 6.07) is 11.0. The molecule has 0 radical (unpaired) electrons. The van der Waals surface area contributed by atoms with Crippen LogP contribution < -0.4 is 0 Å². The smallest absolute Gasteiger partial charge is 0.258 e. The second-order valence-corrected chi connectivity index (χ2v) is 8.22. The molecule has 1 heterocycles. The van der Waals surface area contributed by atoms with Crippen molar-refractivity contribution in [2.75, 3.05) is 0 Å². The molecule has 156 valence electrons. The number of aromatic amines is 1. The Bertz CT molecular complexity index is 1210. The molecule has 1 unspecified atom stereocenters. The number of hydrogen-bond donors (Lipinski definition) is 2. The summed E-state index contributed by atoms with van der Waals surface area (Å²) in [5.41, 5.74) is 3.13. The summed E-state index contributed by atoms with van der Waals surface area (Å²) in [4.78, 5) is 15.4.